The van der Waals surface area contributed by atoms with Crippen LogP contribution in [0.5, 0.6) is 5.75 Å². The Morgan fingerprint density at radius 3 is 2.35 bits per heavy atom. The van der Waals surface area contributed by atoms with Gasteiger partial charge in [-0.2, -0.15) is 5.26 Å². The third-order valence-corrected chi connectivity index (χ3v) is 3.28. The van der Waals surface area contributed by atoms with Gasteiger partial charge in [0.15, 0.2) is 0 Å². The Balaban J connectivity index is 2.87. The standard InChI is InChI=1S/C18H25N3O2/c1-6-21(18(3,4)5)13-14(12-19)17(22)20-15-8-10-16(11-9-15)23-7-2/h8-11,13H,6-7H2,1-5H3,(H,20,22)/b14-13-. The van der Waals surface area contributed by atoms with E-state index in [1.807, 2.05) is 45.6 Å². The van der Waals surface area contributed by atoms with Crippen molar-refractivity contribution in [1.82, 2.24) is 4.90 Å². The molecule has 0 fully saturated rings. The van der Waals surface area contributed by atoms with Crippen LogP contribution in [-0.2, 0) is 4.79 Å². The van der Waals surface area contributed by atoms with E-state index in [0.29, 0.717) is 18.8 Å². The summed E-state index contributed by atoms with van der Waals surface area (Å²) in [6, 6.07) is 9.03. The number of benzene rings is 1. The Morgan fingerprint density at radius 2 is 1.91 bits per heavy atom. The highest BCUT2D eigenvalue weighted by Crippen LogP contribution is 2.18. The summed E-state index contributed by atoms with van der Waals surface area (Å²) in [7, 11) is 0. The minimum absolute atomic E-state index is 0.0793. The highest BCUT2D eigenvalue weighted by atomic mass is 16.5. The molecule has 0 heterocycles. The van der Waals surface area contributed by atoms with E-state index in [-0.39, 0.29) is 11.1 Å². The van der Waals surface area contributed by atoms with Gasteiger partial charge < -0.3 is 15.0 Å². The summed E-state index contributed by atoms with van der Waals surface area (Å²) in [4.78, 5) is 14.2. The van der Waals surface area contributed by atoms with Gasteiger partial charge >= 0.3 is 0 Å². The van der Waals surface area contributed by atoms with Crippen molar-refractivity contribution in [3.05, 3.63) is 36.0 Å². The number of nitrogens with one attached hydrogen (secondary N) is 1. The molecule has 0 aliphatic carbocycles. The van der Waals surface area contributed by atoms with Crippen LogP contribution in [0.1, 0.15) is 34.6 Å². The quantitative estimate of drug-likeness (QED) is 0.644. The fourth-order valence-electron chi connectivity index (χ4n) is 2.05. The van der Waals surface area contributed by atoms with Gasteiger partial charge in [-0.25, -0.2) is 0 Å². The van der Waals surface area contributed by atoms with Crippen molar-refractivity contribution in [1.29, 1.82) is 5.26 Å². The maximum absolute atomic E-state index is 12.3. The van der Waals surface area contributed by atoms with E-state index in [1.54, 1.807) is 30.5 Å². The predicted octanol–water partition coefficient (Wildman–Crippen LogP) is 3.55. The van der Waals surface area contributed by atoms with Crippen LogP contribution in [0.25, 0.3) is 0 Å². The second-order valence-corrected chi connectivity index (χ2v) is 6.02. The van der Waals surface area contributed by atoms with Gasteiger partial charge in [-0.1, -0.05) is 0 Å². The molecule has 1 rings (SSSR count). The maximum atomic E-state index is 12.3. The second-order valence-electron chi connectivity index (χ2n) is 6.02. The van der Waals surface area contributed by atoms with E-state index in [4.69, 9.17) is 4.74 Å². The predicted molar refractivity (Wildman–Crippen MR) is 92.1 cm³/mol. The summed E-state index contributed by atoms with van der Waals surface area (Å²) in [5, 5.41) is 12.0. The third-order valence-electron chi connectivity index (χ3n) is 3.28. The number of nitrogens with zero attached hydrogens (tertiary/aromatic N) is 2. The Hall–Kier alpha value is -2.48. The minimum Gasteiger partial charge on any atom is -0.494 e. The number of nitriles is 1. The molecule has 1 amide bonds. The van der Waals surface area contributed by atoms with Crippen molar-refractivity contribution in [2.75, 3.05) is 18.5 Å². The molecular weight excluding hydrogens is 290 g/mol. The summed E-state index contributed by atoms with van der Waals surface area (Å²) in [6.45, 7) is 11.3. The maximum Gasteiger partial charge on any atom is 0.267 e. The van der Waals surface area contributed by atoms with Crippen molar-refractivity contribution < 1.29 is 9.53 Å². The number of ether oxygens (including phenoxy) is 1. The zero-order chi connectivity index (χ0) is 17.5. The van der Waals surface area contributed by atoms with Gasteiger partial charge in [-0.15, -0.1) is 0 Å². The van der Waals surface area contributed by atoms with Gasteiger partial charge in [0.05, 0.1) is 6.61 Å². The normalized spacial score (nSPS) is 11.6. The molecule has 0 bridgehead atoms. The molecule has 5 heteroatoms. The first-order valence-electron chi connectivity index (χ1n) is 7.74. The summed E-state index contributed by atoms with van der Waals surface area (Å²) in [5.41, 5.74) is 0.546. The van der Waals surface area contributed by atoms with Crippen LogP contribution in [0, 0.1) is 11.3 Å². The Morgan fingerprint density at radius 1 is 1.30 bits per heavy atom. The van der Waals surface area contributed by atoms with Gasteiger partial charge in [0.1, 0.15) is 17.4 Å². The molecule has 0 saturated heterocycles. The van der Waals surface area contributed by atoms with Crippen LogP contribution >= 0.6 is 0 Å². The molecule has 0 atom stereocenters. The summed E-state index contributed by atoms with van der Waals surface area (Å²) >= 11 is 0. The number of hydrogen-bond acceptors (Lipinski definition) is 4. The molecular formula is C18H25N3O2. The molecule has 1 N–H and O–H groups in total. The molecule has 0 aliphatic rings. The number of amides is 1. The minimum atomic E-state index is -0.417. The first-order valence-corrected chi connectivity index (χ1v) is 7.74. The number of hydrogen-bond donors (Lipinski definition) is 1. The molecule has 0 aliphatic heterocycles. The molecule has 23 heavy (non-hydrogen) atoms. The van der Waals surface area contributed by atoms with E-state index in [2.05, 4.69) is 5.32 Å². The highest BCUT2D eigenvalue weighted by molar-refractivity contribution is 6.06. The molecule has 0 spiro atoms. The SMILES string of the molecule is CCOc1ccc(NC(=O)/C(C#N)=C\N(CC)C(C)(C)C)cc1. The molecule has 0 unspecified atom stereocenters. The van der Waals surface area contributed by atoms with E-state index >= 15 is 0 Å². The van der Waals surface area contributed by atoms with Gasteiger partial charge in [0, 0.05) is 24.0 Å². The van der Waals surface area contributed by atoms with E-state index in [0.717, 1.165) is 5.75 Å². The number of rotatable bonds is 6. The van der Waals surface area contributed by atoms with E-state index < -0.39 is 5.91 Å². The molecule has 0 radical (unpaired) electrons. The lowest BCUT2D eigenvalue weighted by molar-refractivity contribution is -0.112. The van der Waals surface area contributed by atoms with Crippen LogP contribution in [0.3, 0.4) is 0 Å². The molecule has 1 aromatic carbocycles. The highest BCUT2D eigenvalue weighted by Gasteiger charge is 2.19. The Bertz CT molecular complexity index is 592. The van der Waals surface area contributed by atoms with Crippen molar-refractivity contribution in [2.24, 2.45) is 0 Å². The van der Waals surface area contributed by atoms with Gasteiger partial charge in [0.25, 0.3) is 5.91 Å². The number of anilines is 1. The first kappa shape index (κ1) is 18.6. The monoisotopic (exact) mass is 315 g/mol. The smallest absolute Gasteiger partial charge is 0.267 e. The fraction of sp³-hybridized carbons (Fsp3) is 0.444. The fourth-order valence-corrected chi connectivity index (χ4v) is 2.05. The first-order chi connectivity index (χ1) is 10.8. The average molecular weight is 315 g/mol. The van der Waals surface area contributed by atoms with Gasteiger partial charge in [-0.3, -0.25) is 4.79 Å². The average Bonchev–Trinajstić information content (AvgIpc) is 2.49. The van der Waals surface area contributed by atoms with Crippen molar-refractivity contribution in [3.8, 4) is 11.8 Å². The van der Waals surface area contributed by atoms with Crippen LogP contribution in [-0.4, -0.2) is 29.5 Å². The topological polar surface area (TPSA) is 65.4 Å². The van der Waals surface area contributed by atoms with Crippen LogP contribution in [0.15, 0.2) is 36.0 Å². The summed E-state index contributed by atoms with van der Waals surface area (Å²) in [5.74, 6) is 0.325. The zero-order valence-corrected chi connectivity index (χ0v) is 14.5. The van der Waals surface area contributed by atoms with Gasteiger partial charge in [0.2, 0.25) is 0 Å². The third kappa shape index (κ3) is 5.67. The Labute approximate surface area is 138 Å². The van der Waals surface area contributed by atoms with Crippen molar-refractivity contribution >= 4 is 11.6 Å². The Kier molecular flexibility index (Phi) is 6.65. The van der Waals surface area contributed by atoms with E-state index in [1.165, 1.54) is 0 Å². The lowest BCUT2D eigenvalue weighted by Gasteiger charge is -2.33. The van der Waals surface area contributed by atoms with Crippen molar-refractivity contribution in [2.45, 2.75) is 40.2 Å². The molecule has 0 aromatic heterocycles. The molecule has 124 valence electrons. The van der Waals surface area contributed by atoms with Crippen molar-refractivity contribution in [3.63, 3.8) is 0 Å². The molecule has 1 aromatic rings. The van der Waals surface area contributed by atoms with Gasteiger partial charge in [-0.05, 0) is 58.9 Å². The largest absolute Gasteiger partial charge is 0.494 e. The van der Waals surface area contributed by atoms with Crippen LogP contribution in [0.4, 0.5) is 5.69 Å². The van der Waals surface area contributed by atoms with Crippen LogP contribution < -0.4 is 10.1 Å². The zero-order valence-electron chi connectivity index (χ0n) is 14.5. The van der Waals surface area contributed by atoms with E-state index in [9.17, 15) is 10.1 Å². The second kappa shape index (κ2) is 8.23. The molecule has 5 nitrogen and oxygen atoms in total. The molecule has 0 saturated carbocycles. The summed E-state index contributed by atoms with van der Waals surface area (Å²) < 4.78 is 5.36. The summed E-state index contributed by atoms with van der Waals surface area (Å²) in [6.07, 6.45) is 1.61. The lowest BCUT2D eigenvalue weighted by atomic mass is 10.1. The lowest BCUT2D eigenvalue weighted by Crippen LogP contribution is -2.37. The number of carbonyl (C=O) groups excluding carboxylic acids is 1. The number of carbonyl (C=O) groups is 1. The van der Waals surface area contributed by atoms with Crippen LogP contribution in [0.2, 0.25) is 0 Å².